The minimum atomic E-state index is -0.412. The first kappa shape index (κ1) is 13.7. The summed E-state index contributed by atoms with van der Waals surface area (Å²) in [6, 6.07) is 6.54. The fourth-order valence-electron chi connectivity index (χ4n) is 1.72. The lowest BCUT2D eigenvalue weighted by Gasteiger charge is -2.05. The van der Waals surface area contributed by atoms with Crippen molar-refractivity contribution in [3.63, 3.8) is 0 Å². The van der Waals surface area contributed by atoms with Gasteiger partial charge in [0.1, 0.15) is 0 Å². The summed E-state index contributed by atoms with van der Waals surface area (Å²) >= 11 is 1.92. The highest BCUT2D eigenvalue weighted by Crippen LogP contribution is 2.18. The van der Waals surface area contributed by atoms with Crippen molar-refractivity contribution in [3.05, 3.63) is 66.4 Å². The van der Waals surface area contributed by atoms with Crippen molar-refractivity contribution in [2.24, 2.45) is 0 Å². The van der Waals surface area contributed by atoms with Gasteiger partial charge in [-0.15, -0.1) is 0 Å². The van der Waals surface area contributed by atoms with Crippen molar-refractivity contribution >= 4 is 28.3 Å². The molecule has 0 aliphatic rings. The van der Waals surface area contributed by atoms with Gasteiger partial charge in [0.15, 0.2) is 0 Å². The Labute approximate surface area is 122 Å². The summed E-state index contributed by atoms with van der Waals surface area (Å²) in [5.74, 6) is 0. The largest absolute Gasteiger partial charge is 0.298 e. The van der Waals surface area contributed by atoms with Gasteiger partial charge >= 0.3 is 0 Å². The van der Waals surface area contributed by atoms with Gasteiger partial charge in [0.25, 0.3) is 11.2 Å². The summed E-state index contributed by atoms with van der Waals surface area (Å²) in [4.78, 5) is 26.2. The molecule has 0 atom stereocenters. The molecule has 0 fully saturated rings. The van der Waals surface area contributed by atoms with E-state index in [9.17, 15) is 14.9 Å². The Kier molecular flexibility index (Phi) is 4.25. The van der Waals surface area contributed by atoms with Crippen LogP contribution in [0.2, 0.25) is 0 Å². The highest BCUT2D eigenvalue weighted by Gasteiger charge is 2.12. The van der Waals surface area contributed by atoms with Gasteiger partial charge in [-0.25, -0.2) is 4.98 Å². The van der Waals surface area contributed by atoms with E-state index >= 15 is 0 Å². The van der Waals surface area contributed by atoms with Gasteiger partial charge in [0, 0.05) is 24.4 Å². The Bertz CT molecular complexity index is 669. The number of aromatic nitrogens is 2. The third kappa shape index (κ3) is 3.16. The van der Waals surface area contributed by atoms with Crippen LogP contribution in [0.1, 0.15) is 5.56 Å². The van der Waals surface area contributed by atoms with E-state index in [1.54, 1.807) is 18.2 Å². The normalized spacial score (nSPS) is 10.4. The predicted molar refractivity (Wildman–Crippen MR) is 78.0 cm³/mol. The minimum absolute atomic E-state index is 0.0779. The zero-order valence-corrected chi connectivity index (χ0v) is 12.0. The predicted octanol–water partition coefficient (Wildman–Crippen LogP) is 2.00. The van der Waals surface area contributed by atoms with Gasteiger partial charge in [-0.2, -0.15) is 0 Å². The van der Waals surface area contributed by atoms with Gasteiger partial charge in [-0.1, -0.05) is 18.2 Å². The molecule has 98 valence electrons. The molecule has 0 spiro atoms. The van der Waals surface area contributed by atoms with Crippen LogP contribution in [0.3, 0.4) is 0 Å². The second kappa shape index (κ2) is 5.91. The number of nitro benzene ring substituents is 1. The molecule has 0 saturated carbocycles. The molecule has 1 heterocycles. The van der Waals surface area contributed by atoms with E-state index in [0.29, 0.717) is 22.1 Å². The van der Waals surface area contributed by atoms with Crippen molar-refractivity contribution in [1.82, 2.24) is 9.55 Å². The lowest BCUT2D eigenvalue weighted by molar-refractivity contribution is -0.385. The van der Waals surface area contributed by atoms with Gasteiger partial charge in [0.05, 0.1) is 14.8 Å². The zero-order valence-electron chi connectivity index (χ0n) is 9.82. The number of halogens is 1. The molecule has 0 N–H and O–H groups in total. The summed E-state index contributed by atoms with van der Waals surface area (Å²) in [7, 11) is 0. The third-order valence-electron chi connectivity index (χ3n) is 2.67. The van der Waals surface area contributed by atoms with E-state index in [1.807, 2.05) is 22.6 Å². The second-order valence-corrected chi connectivity index (χ2v) is 5.04. The molecule has 2 aromatic rings. The lowest BCUT2D eigenvalue weighted by atomic mass is 10.1. The first-order chi connectivity index (χ1) is 9.09. The maximum atomic E-state index is 11.8. The van der Waals surface area contributed by atoms with Gasteiger partial charge < -0.3 is 0 Å². The molecule has 0 aliphatic heterocycles. The van der Waals surface area contributed by atoms with Crippen molar-refractivity contribution < 1.29 is 4.92 Å². The van der Waals surface area contributed by atoms with Gasteiger partial charge in [-0.05, 0) is 29.0 Å². The monoisotopic (exact) mass is 371 g/mol. The number of hydrogen-bond acceptors (Lipinski definition) is 4. The first-order valence-corrected chi connectivity index (χ1v) is 6.59. The summed E-state index contributed by atoms with van der Waals surface area (Å²) in [5.41, 5.74) is 0.557. The van der Waals surface area contributed by atoms with Gasteiger partial charge in [-0.3, -0.25) is 19.5 Å². The van der Waals surface area contributed by atoms with Crippen molar-refractivity contribution in [3.8, 4) is 0 Å². The molecule has 19 heavy (non-hydrogen) atoms. The van der Waals surface area contributed by atoms with Crippen LogP contribution in [0.15, 0.2) is 41.6 Å². The Hall–Kier alpha value is -1.77. The number of rotatable bonds is 4. The molecule has 6 nitrogen and oxygen atoms in total. The van der Waals surface area contributed by atoms with E-state index in [2.05, 4.69) is 4.98 Å². The Balaban J connectivity index is 2.22. The summed E-state index contributed by atoms with van der Waals surface area (Å²) in [6.45, 7) is 0.369. The Morgan fingerprint density at radius 1 is 1.37 bits per heavy atom. The maximum absolute atomic E-state index is 11.8. The van der Waals surface area contributed by atoms with Crippen LogP contribution < -0.4 is 5.56 Å². The van der Waals surface area contributed by atoms with Crippen LogP contribution in [0, 0.1) is 13.7 Å². The van der Waals surface area contributed by atoms with Crippen LogP contribution in [0.5, 0.6) is 0 Å². The van der Waals surface area contributed by atoms with Crippen LogP contribution in [-0.4, -0.2) is 14.5 Å². The highest BCUT2D eigenvalue weighted by molar-refractivity contribution is 14.1. The number of benzene rings is 1. The highest BCUT2D eigenvalue weighted by atomic mass is 127. The Morgan fingerprint density at radius 3 is 2.84 bits per heavy atom. The van der Waals surface area contributed by atoms with Crippen LogP contribution >= 0.6 is 22.6 Å². The molecule has 1 aromatic carbocycles. The van der Waals surface area contributed by atoms with E-state index < -0.39 is 4.92 Å². The number of nitro groups is 1. The summed E-state index contributed by atoms with van der Waals surface area (Å²) in [5, 5.41) is 10.9. The van der Waals surface area contributed by atoms with Crippen molar-refractivity contribution in [2.75, 3.05) is 0 Å². The number of aryl methyl sites for hydroxylation is 2. The fourth-order valence-corrected chi connectivity index (χ4v) is 2.20. The Morgan fingerprint density at radius 2 is 2.11 bits per heavy atom. The molecule has 0 unspecified atom stereocenters. The van der Waals surface area contributed by atoms with E-state index in [1.165, 1.54) is 23.2 Å². The number of para-hydroxylation sites is 1. The number of nitrogens with zero attached hydrogens (tertiary/aromatic N) is 3. The SMILES string of the molecule is O=c1c(I)cncn1CCc1ccccc1[N+](=O)[O-]. The average molecular weight is 371 g/mol. The summed E-state index contributed by atoms with van der Waals surface area (Å²) < 4.78 is 1.99. The van der Waals surface area contributed by atoms with Crippen molar-refractivity contribution in [1.29, 1.82) is 0 Å². The molecule has 0 amide bonds. The molecular weight excluding hydrogens is 361 g/mol. The molecule has 1 aromatic heterocycles. The van der Waals surface area contributed by atoms with E-state index in [4.69, 9.17) is 0 Å². The fraction of sp³-hybridized carbons (Fsp3) is 0.167. The molecule has 0 bridgehead atoms. The zero-order chi connectivity index (χ0) is 13.8. The minimum Gasteiger partial charge on any atom is -0.298 e. The van der Waals surface area contributed by atoms with Crippen molar-refractivity contribution in [2.45, 2.75) is 13.0 Å². The smallest absolute Gasteiger partial charge is 0.272 e. The topological polar surface area (TPSA) is 78.0 Å². The molecule has 0 saturated heterocycles. The summed E-state index contributed by atoms with van der Waals surface area (Å²) in [6.07, 6.45) is 3.35. The molecule has 0 aliphatic carbocycles. The molecule has 0 radical (unpaired) electrons. The van der Waals surface area contributed by atoms with Gasteiger partial charge in [0.2, 0.25) is 0 Å². The molecule has 2 rings (SSSR count). The van der Waals surface area contributed by atoms with Crippen LogP contribution in [0.25, 0.3) is 0 Å². The quantitative estimate of drug-likeness (QED) is 0.468. The van der Waals surface area contributed by atoms with E-state index in [0.717, 1.165) is 0 Å². The third-order valence-corrected chi connectivity index (χ3v) is 3.41. The lowest BCUT2D eigenvalue weighted by Crippen LogP contribution is -2.23. The maximum Gasteiger partial charge on any atom is 0.272 e. The number of hydrogen-bond donors (Lipinski definition) is 0. The standard InChI is InChI=1S/C12H10IN3O3/c13-10-7-14-8-15(12(10)17)6-5-9-3-1-2-4-11(9)16(18)19/h1-4,7-8H,5-6H2. The first-order valence-electron chi connectivity index (χ1n) is 5.52. The van der Waals surface area contributed by atoms with E-state index in [-0.39, 0.29) is 11.2 Å². The molecular formula is C12H10IN3O3. The molecule has 7 heteroatoms. The van der Waals surface area contributed by atoms with Crippen LogP contribution in [0.4, 0.5) is 5.69 Å². The van der Waals surface area contributed by atoms with Crippen LogP contribution in [-0.2, 0) is 13.0 Å². The average Bonchev–Trinajstić information content (AvgIpc) is 2.40. The second-order valence-electron chi connectivity index (χ2n) is 3.88.